The second-order valence-corrected chi connectivity index (χ2v) is 4.57. The summed E-state index contributed by atoms with van der Waals surface area (Å²) in [5.41, 5.74) is 7.11. The Morgan fingerprint density at radius 2 is 2.41 bits per heavy atom. The van der Waals surface area contributed by atoms with Crippen molar-refractivity contribution in [1.29, 1.82) is 0 Å². The topological polar surface area (TPSA) is 92.5 Å². The van der Waals surface area contributed by atoms with Crippen LogP contribution in [0.4, 0.5) is 11.8 Å². The van der Waals surface area contributed by atoms with Gasteiger partial charge >= 0.3 is 0 Å². The SMILES string of the molecule is CCCC1CC1Nc1nc(N)nc2nc[nH]c12. The van der Waals surface area contributed by atoms with E-state index in [0.717, 1.165) is 17.3 Å². The second kappa shape index (κ2) is 3.87. The lowest BCUT2D eigenvalue weighted by Gasteiger charge is -2.06. The number of nitrogen functional groups attached to an aromatic ring is 1. The molecule has 2 unspecified atom stereocenters. The molecular formula is C11H16N6. The van der Waals surface area contributed by atoms with Crippen molar-refractivity contribution in [3.63, 3.8) is 0 Å². The van der Waals surface area contributed by atoms with Crippen LogP contribution in [0.2, 0.25) is 0 Å². The van der Waals surface area contributed by atoms with Crippen LogP contribution < -0.4 is 11.1 Å². The summed E-state index contributed by atoms with van der Waals surface area (Å²) in [6.07, 6.45) is 5.33. The number of imidazole rings is 1. The molecule has 17 heavy (non-hydrogen) atoms. The van der Waals surface area contributed by atoms with E-state index in [2.05, 4.69) is 32.2 Å². The zero-order valence-corrected chi connectivity index (χ0v) is 9.77. The quantitative estimate of drug-likeness (QED) is 0.743. The molecule has 2 heterocycles. The molecule has 1 fully saturated rings. The molecule has 90 valence electrons. The normalized spacial score (nSPS) is 22.9. The molecule has 2 atom stereocenters. The highest BCUT2D eigenvalue weighted by atomic mass is 15.2. The standard InChI is InChI=1S/C11H16N6/c1-2-3-6-4-7(6)15-10-8-9(14-5-13-8)16-11(12)17-10/h5-7H,2-4H2,1H3,(H4,12,13,14,15,16,17). The molecule has 1 aliphatic rings. The van der Waals surface area contributed by atoms with Crippen LogP contribution in [0.1, 0.15) is 26.2 Å². The first kappa shape index (κ1) is 10.3. The van der Waals surface area contributed by atoms with Gasteiger partial charge in [-0.15, -0.1) is 0 Å². The van der Waals surface area contributed by atoms with Crippen LogP contribution in [0.5, 0.6) is 0 Å². The van der Waals surface area contributed by atoms with Gasteiger partial charge in [-0.2, -0.15) is 9.97 Å². The Morgan fingerprint density at radius 3 is 3.24 bits per heavy atom. The highest BCUT2D eigenvalue weighted by molar-refractivity contribution is 5.83. The summed E-state index contributed by atoms with van der Waals surface area (Å²) in [7, 11) is 0. The maximum Gasteiger partial charge on any atom is 0.224 e. The first-order chi connectivity index (χ1) is 8.28. The van der Waals surface area contributed by atoms with Crippen LogP contribution in [0.25, 0.3) is 11.2 Å². The molecule has 0 amide bonds. The first-order valence-corrected chi connectivity index (χ1v) is 6.01. The lowest BCUT2D eigenvalue weighted by atomic mass is 10.2. The van der Waals surface area contributed by atoms with E-state index in [1.165, 1.54) is 19.3 Å². The molecule has 2 aromatic rings. The van der Waals surface area contributed by atoms with E-state index in [1.807, 2.05) is 0 Å². The lowest BCUT2D eigenvalue weighted by Crippen LogP contribution is -2.09. The number of hydrogen-bond acceptors (Lipinski definition) is 5. The number of nitrogens with zero attached hydrogens (tertiary/aromatic N) is 3. The average Bonchev–Trinajstić information content (AvgIpc) is 2.85. The Bertz CT molecular complexity index is 534. The van der Waals surface area contributed by atoms with Gasteiger partial charge in [0.15, 0.2) is 11.5 Å². The maximum atomic E-state index is 5.66. The molecule has 2 aromatic heterocycles. The zero-order chi connectivity index (χ0) is 11.8. The van der Waals surface area contributed by atoms with Gasteiger partial charge in [0.25, 0.3) is 0 Å². The first-order valence-electron chi connectivity index (χ1n) is 6.01. The highest BCUT2D eigenvalue weighted by Crippen LogP contribution is 2.37. The smallest absolute Gasteiger partial charge is 0.224 e. The van der Waals surface area contributed by atoms with Crippen molar-refractivity contribution in [3.05, 3.63) is 6.33 Å². The van der Waals surface area contributed by atoms with E-state index in [0.29, 0.717) is 11.7 Å². The third-order valence-corrected chi connectivity index (χ3v) is 3.21. The van der Waals surface area contributed by atoms with E-state index >= 15 is 0 Å². The molecule has 0 aliphatic heterocycles. The fourth-order valence-electron chi connectivity index (χ4n) is 2.24. The number of hydrogen-bond donors (Lipinski definition) is 3. The summed E-state index contributed by atoms with van der Waals surface area (Å²) < 4.78 is 0. The molecule has 0 aromatic carbocycles. The Kier molecular flexibility index (Phi) is 2.35. The average molecular weight is 232 g/mol. The van der Waals surface area contributed by atoms with E-state index in [4.69, 9.17) is 5.73 Å². The van der Waals surface area contributed by atoms with Gasteiger partial charge in [-0.05, 0) is 18.8 Å². The highest BCUT2D eigenvalue weighted by Gasteiger charge is 2.36. The minimum Gasteiger partial charge on any atom is -0.368 e. The third kappa shape index (κ3) is 1.90. The van der Waals surface area contributed by atoms with Gasteiger partial charge in [0, 0.05) is 6.04 Å². The summed E-state index contributed by atoms with van der Waals surface area (Å²) in [4.78, 5) is 15.4. The second-order valence-electron chi connectivity index (χ2n) is 4.57. The molecule has 0 spiro atoms. The van der Waals surface area contributed by atoms with Gasteiger partial charge in [0.2, 0.25) is 5.95 Å². The minimum atomic E-state index is 0.264. The van der Waals surface area contributed by atoms with Crippen molar-refractivity contribution in [2.75, 3.05) is 11.1 Å². The Morgan fingerprint density at radius 1 is 1.53 bits per heavy atom. The summed E-state index contributed by atoms with van der Waals surface area (Å²) >= 11 is 0. The molecule has 1 aliphatic carbocycles. The largest absolute Gasteiger partial charge is 0.368 e. The number of rotatable bonds is 4. The number of nitrogens with one attached hydrogen (secondary N) is 2. The number of anilines is 2. The van der Waals surface area contributed by atoms with Crippen molar-refractivity contribution in [1.82, 2.24) is 19.9 Å². The summed E-state index contributed by atoms with van der Waals surface area (Å²) in [5.74, 6) is 1.81. The summed E-state index contributed by atoms with van der Waals surface area (Å²) in [6, 6.07) is 0.524. The third-order valence-electron chi connectivity index (χ3n) is 3.21. The molecule has 4 N–H and O–H groups in total. The molecule has 6 nitrogen and oxygen atoms in total. The number of aromatic nitrogens is 4. The van der Waals surface area contributed by atoms with Gasteiger partial charge in [-0.1, -0.05) is 13.3 Å². The van der Waals surface area contributed by atoms with E-state index in [1.54, 1.807) is 6.33 Å². The number of nitrogens with two attached hydrogens (primary N) is 1. The maximum absolute atomic E-state index is 5.66. The van der Waals surface area contributed by atoms with Crippen molar-refractivity contribution >= 4 is 22.9 Å². The lowest BCUT2D eigenvalue weighted by molar-refractivity contribution is 0.692. The fraction of sp³-hybridized carbons (Fsp3) is 0.545. The monoisotopic (exact) mass is 232 g/mol. The predicted octanol–water partition coefficient (Wildman–Crippen LogP) is 1.54. The fourth-order valence-corrected chi connectivity index (χ4v) is 2.24. The Hall–Kier alpha value is -1.85. The van der Waals surface area contributed by atoms with Crippen LogP contribution in [0, 0.1) is 5.92 Å². The minimum absolute atomic E-state index is 0.264. The molecule has 0 bridgehead atoms. The zero-order valence-electron chi connectivity index (χ0n) is 9.77. The van der Waals surface area contributed by atoms with E-state index in [9.17, 15) is 0 Å². The van der Waals surface area contributed by atoms with E-state index in [-0.39, 0.29) is 5.95 Å². The Labute approximate surface area is 99.1 Å². The van der Waals surface area contributed by atoms with Crippen molar-refractivity contribution in [3.8, 4) is 0 Å². The van der Waals surface area contributed by atoms with Crippen LogP contribution in [0.3, 0.4) is 0 Å². The Balaban J connectivity index is 1.83. The van der Waals surface area contributed by atoms with Gasteiger partial charge in [0.1, 0.15) is 5.52 Å². The van der Waals surface area contributed by atoms with Crippen LogP contribution in [-0.4, -0.2) is 26.0 Å². The number of H-pyrrole nitrogens is 1. The molecule has 3 rings (SSSR count). The van der Waals surface area contributed by atoms with Gasteiger partial charge < -0.3 is 16.0 Å². The number of aromatic amines is 1. The number of fused-ring (bicyclic) bond motifs is 1. The van der Waals surface area contributed by atoms with Crippen molar-refractivity contribution in [2.45, 2.75) is 32.2 Å². The van der Waals surface area contributed by atoms with Crippen molar-refractivity contribution in [2.24, 2.45) is 5.92 Å². The van der Waals surface area contributed by atoms with Crippen LogP contribution in [0.15, 0.2) is 6.33 Å². The summed E-state index contributed by atoms with van der Waals surface area (Å²) in [5, 5.41) is 3.42. The van der Waals surface area contributed by atoms with Gasteiger partial charge in [-0.3, -0.25) is 0 Å². The molecule has 0 radical (unpaired) electrons. The predicted molar refractivity (Wildman–Crippen MR) is 66.5 cm³/mol. The summed E-state index contributed by atoms with van der Waals surface area (Å²) in [6.45, 7) is 2.21. The molecule has 6 heteroatoms. The van der Waals surface area contributed by atoms with Crippen molar-refractivity contribution < 1.29 is 0 Å². The molecular weight excluding hydrogens is 216 g/mol. The van der Waals surface area contributed by atoms with E-state index < -0.39 is 0 Å². The van der Waals surface area contributed by atoms with Crippen LogP contribution in [-0.2, 0) is 0 Å². The van der Waals surface area contributed by atoms with Gasteiger partial charge in [-0.25, -0.2) is 4.98 Å². The molecule has 0 saturated heterocycles. The van der Waals surface area contributed by atoms with Gasteiger partial charge in [0.05, 0.1) is 6.33 Å². The molecule has 1 saturated carbocycles. The van der Waals surface area contributed by atoms with Crippen LogP contribution >= 0.6 is 0 Å².